The number of anilines is 3. The van der Waals surface area contributed by atoms with Gasteiger partial charge in [-0.25, -0.2) is 0 Å². The molecule has 0 radical (unpaired) electrons. The lowest BCUT2D eigenvalue weighted by Gasteiger charge is -2.26. The van der Waals surface area contributed by atoms with Gasteiger partial charge >= 0.3 is 0 Å². The number of benzene rings is 7. The summed E-state index contributed by atoms with van der Waals surface area (Å²) in [4.78, 5) is 2.31. The van der Waals surface area contributed by atoms with Gasteiger partial charge in [-0.1, -0.05) is 60.7 Å². The van der Waals surface area contributed by atoms with E-state index in [9.17, 15) is 0 Å². The van der Waals surface area contributed by atoms with Crippen molar-refractivity contribution in [1.29, 1.82) is 0 Å². The monoisotopic (exact) mass is 621 g/mol. The molecule has 11 aromatic rings. The molecule has 4 heterocycles. The number of thiophene rings is 1. The molecule has 0 spiro atoms. The minimum Gasteiger partial charge on any atom is -0.456 e. The summed E-state index contributed by atoms with van der Waals surface area (Å²) in [5.74, 6) is 0. The van der Waals surface area contributed by atoms with Crippen molar-refractivity contribution in [2.75, 3.05) is 4.90 Å². The molecule has 0 saturated carbocycles. The zero-order chi connectivity index (χ0) is 30.6. The van der Waals surface area contributed by atoms with E-state index in [-0.39, 0.29) is 0 Å². The Morgan fingerprint density at radius 1 is 0.383 bits per heavy atom. The summed E-state index contributed by atoms with van der Waals surface area (Å²) in [6, 6.07) is 48.7. The van der Waals surface area contributed by atoms with Crippen LogP contribution in [0.3, 0.4) is 0 Å². The first-order chi connectivity index (χ1) is 23.3. The van der Waals surface area contributed by atoms with Crippen molar-refractivity contribution in [3.8, 4) is 0 Å². The Morgan fingerprint density at radius 3 is 1.62 bits per heavy atom. The Labute approximate surface area is 271 Å². The fraction of sp³-hybridized carbons (Fsp3) is 0. The maximum atomic E-state index is 6.58. The van der Waals surface area contributed by atoms with Crippen molar-refractivity contribution in [2.45, 2.75) is 0 Å². The van der Waals surface area contributed by atoms with Crippen molar-refractivity contribution < 1.29 is 13.3 Å². The molecule has 0 amide bonds. The van der Waals surface area contributed by atoms with Crippen LogP contribution in [0.25, 0.3) is 86.0 Å². The van der Waals surface area contributed by atoms with Gasteiger partial charge in [0.1, 0.15) is 33.5 Å². The number of hydrogen-bond donors (Lipinski definition) is 0. The lowest BCUT2D eigenvalue weighted by Crippen LogP contribution is -2.10. The van der Waals surface area contributed by atoms with Crippen molar-refractivity contribution in [3.05, 3.63) is 140 Å². The standard InChI is InChI=1S/C42H23NO3S/c1-4-12-33-26(8-1)28-18-16-24(22-37(28)44-33)43(25-17-19-29-27-9-2-5-13-34(27)45-38(29)23-25)32-11-7-14-35-40(32)41-36(46-35)21-20-31-30-10-3-6-15-39(30)47-42(31)41/h1-23H. The molecule has 5 heteroatoms. The molecule has 47 heavy (non-hydrogen) atoms. The quantitative estimate of drug-likeness (QED) is 0.197. The highest BCUT2D eigenvalue weighted by Gasteiger charge is 2.23. The summed E-state index contributed by atoms with van der Waals surface area (Å²) in [6.45, 7) is 0. The van der Waals surface area contributed by atoms with Crippen LogP contribution in [0.5, 0.6) is 0 Å². The van der Waals surface area contributed by atoms with E-state index in [2.05, 4.69) is 120 Å². The van der Waals surface area contributed by atoms with Crippen molar-refractivity contribution in [2.24, 2.45) is 0 Å². The smallest absolute Gasteiger partial charge is 0.137 e. The predicted octanol–water partition coefficient (Wildman–Crippen LogP) is 13.2. The van der Waals surface area contributed by atoms with E-state index in [1.807, 2.05) is 35.6 Å². The molecule has 0 aliphatic carbocycles. The fourth-order valence-electron chi connectivity index (χ4n) is 7.39. The Morgan fingerprint density at radius 2 is 0.915 bits per heavy atom. The summed E-state index contributed by atoms with van der Waals surface area (Å²) in [6.07, 6.45) is 0. The fourth-order valence-corrected chi connectivity index (χ4v) is 8.64. The van der Waals surface area contributed by atoms with Gasteiger partial charge in [0.05, 0.1) is 11.1 Å². The highest BCUT2D eigenvalue weighted by atomic mass is 32.1. The van der Waals surface area contributed by atoms with E-state index < -0.39 is 0 Å². The maximum Gasteiger partial charge on any atom is 0.137 e. The maximum absolute atomic E-state index is 6.58. The summed E-state index contributed by atoms with van der Waals surface area (Å²) < 4.78 is 21.9. The van der Waals surface area contributed by atoms with Gasteiger partial charge in [-0.2, -0.15) is 0 Å². The Bertz CT molecular complexity index is 2930. The summed E-state index contributed by atoms with van der Waals surface area (Å²) in [5.41, 5.74) is 8.17. The SMILES string of the molecule is c1ccc2c(c1)oc1cc(N(c3ccc4c(c3)oc3ccccc34)c3cccc4oc5ccc6c7ccccc7sc6c5c34)ccc12. The Kier molecular flexibility index (Phi) is 4.96. The van der Waals surface area contributed by atoms with E-state index in [1.54, 1.807) is 0 Å². The number of fused-ring (bicyclic) bond motifs is 13. The summed E-state index contributed by atoms with van der Waals surface area (Å²) in [7, 11) is 0. The van der Waals surface area contributed by atoms with Crippen molar-refractivity contribution in [3.63, 3.8) is 0 Å². The first-order valence-electron chi connectivity index (χ1n) is 15.7. The van der Waals surface area contributed by atoms with E-state index >= 15 is 0 Å². The molecule has 7 aromatic carbocycles. The third-order valence-corrected chi connectivity index (χ3v) is 10.7. The average molecular weight is 622 g/mol. The average Bonchev–Trinajstić information content (AvgIpc) is 3.87. The van der Waals surface area contributed by atoms with Crippen LogP contribution in [0.2, 0.25) is 0 Å². The molecule has 0 aliphatic rings. The second kappa shape index (κ2) is 9.25. The molecule has 0 unspecified atom stereocenters. The van der Waals surface area contributed by atoms with E-state index in [0.717, 1.165) is 82.9 Å². The second-order valence-electron chi connectivity index (χ2n) is 12.1. The van der Waals surface area contributed by atoms with Crippen LogP contribution in [-0.4, -0.2) is 0 Å². The molecule has 0 N–H and O–H groups in total. The highest BCUT2D eigenvalue weighted by molar-refractivity contribution is 7.26. The minimum atomic E-state index is 0.842. The van der Waals surface area contributed by atoms with E-state index in [4.69, 9.17) is 13.3 Å². The lowest BCUT2D eigenvalue weighted by molar-refractivity contribution is 0.669. The van der Waals surface area contributed by atoms with Gasteiger partial charge in [0.15, 0.2) is 0 Å². The van der Waals surface area contributed by atoms with Crippen molar-refractivity contribution in [1.82, 2.24) is 0 Å². The molecule has 0 atom stereocenters. The van der Waals surface area contributed by atoms with Crippen LogP contribution in [0.4, 0.5) is 17.1 Å². The number of nitrogens with zero attached hydrogens (tertiary/aromatic N) is 1. The van der Waals surface area contributed by atoms with Crippen LogP contribution in [0, 0.1) is 0 Å². The lowest BCUT2D eigenvalue weighted by atomic mass is 10.0. The molecular formula is C42H23NO3S. The van der Waals surface area contributed by atoms with Gasteiger partial charge in [-0.15, -0.1) is 11.3 Å². The topological polar surface area (TPSA) is 42.7 Å². The van der Waals surface area contributed by atoms with E-state index in [1.165, 1.54) is 20.2 Å². The molecule has 0 bridgehead atoms. The van der Waals surface area contributed by atoms with Gasteiger partial charge in [-0.3, -0.25) is 0 Å². The number of furan rings is 3. The van der Waals surface area contributed by atoms with Crippen LogP contribution in [0.15, 0.2) is 153 Å². The minimum absolute atomic E-state index is 0.842. The third kappa shape index (κ3) is 3.52. The summed E-state index contributed by atoms with van der Waals surface area (Å²) >= 11 is 1.82. The largest absolute Gasteiger partial charge is 0.456 e. The molecule has 4 aromatic heterocycles. The molecule has 0 saturated heterocycles. The highest BCUT2D eigenvalue weighted by Crippen LogP contribution is 2.48. The Balaban J connectivity index is 1.24. The van der Waals surface area contributed by atoms with Crippen LogP contribution in [0.1, 0.15) is 0 Å². The van der Waals surface area contributed by atoms with Crippen LogP contribution in [-0.2, 0) is 0 Å². The van der Waals surface area contributed by atoms with Crippen LogP contribution < -0.4 is 4.90 Å². The first kappa shape index (κ1) is 25.2. The molecule has 4 nitrogen and oxygen atoms in total. The van der Waals surface area contributed by atoms with Gasteiger partial charge in [0.25, 0.3) is 0 Å². The zero-order valence-corrected chi connectivity index (χ0v) is 25.7. The number of hydrogen-bond acceptors (Lipinski definition) is 5. The summed E-state index contributed by atoms with van der Waals surface area (Å²) in [5, 5.41) is 9.13. The van der Waals surface area contributed by atoms with E-state index in [0.29, 0.717) is 0 Å². The number of rotatable bonds is 3. The predicted molar refractivity (Wildman–Crippen MR) is 196 cm³/mol. The molecule has 0 fully saturated rings. The van der Waals surface area contributed by atoms with Gasteiger partial charge in [0.2, 0.25) is 0 Å². The van der Waals surface area contributed by atoms with Gasteiger partial charge in [0, 0.05) is 70.6 Å². The molecular weight excluding hydrogens is 599 g/mol. The molecule has 220 valence electrons. The third-order valence-electron chi connectivity index (χ3n) is 9.46. The Hall–Kier alpha value is -6.04. The number of para-hydroxylation sites is 2. The van der Waals surface area contributed by atoms with Gasteiger partial charge in [-0.05, 0) is 66.7 Å². The van der Waals surface area contributed by atoms with Crippen molar-refractivity contribution >= 4 is 114 Å². The normalized spacial score (nSPS) is 12.3. The zero-order valence-electron chi connectivity index (χ0n) is 24.9. The molecule has 0 aliphatic heterocycles. The first-order valence-corrected chi connectivity index (χ1v) is 16.5. The molecule has 11 rings (SSSR count). The van der Waals surface area contributed by atoms with Gasteiger partial charge < -0.3 is 18.2 Å². The second-order valence-corrected chi connectivity index (χ2v) is 13.1. The van der Waals surface area contributed by atoms with Crippen LogP contribution >= 0.6 is 11.3 Å².